The number of piperidine rings is 1. The highest BCUT2D eigenvalue weighted by atomic mass is 35.5. The first-order chi connectivity index (χ1) is 17.2. The van der Waals surface area contributed by atoms with E-state index < -0.39 is 20.2 Å². The minimum atomic E-state index is -3.13. The second-order valence-electron chi connectivity index (χ2n) is 11.7. The van der Waals surface area contributed by atoms with Gasteiger partial charge < -0.3 is 10.0 Å². The van der Waals surface area contributed by atoms with Crippen LogP contribution in [0.15, 0.2) is 42.5 Å². The third kappa shape index (κ3) is 7.81. The molecule has 3 rings (SSSR count). The van der Waals surface area contributed by atoms with Gasteiger partial charge in [-0.3, -0.25) is 4.79 Å². The van der Waals surface area contributed by atoms with E-state index in [1.54, 1.807) is 20.8 Å². The number of halogens is 1. The smallest absolute Gasteiger partial charge is 0.155 e. The van der Waals surface area contributed by atoms with Crippen molar-refractivity contribution in [3.05, 3.63) is 64.2 Å². The molecule has 2 aromatic carbocycles. The van der Waals surface area contributed by atoms with Crippen LogP contribution in [0, 0.1) is 12.8 Å². The molecule has 1 fully saturated rings. The molecule has 1 aliphatic heterocycles. The van der Waals surface area contributed by atoms with Crippen LogP contribution in [0.25, 0.3) is 0 Å². The molecule has 2 aromatic rings. The van der Waals surface area contributed by atoms with Crippen molar-refractivity contribution in [3.8, 4) is 0 Å². The van der Waals surface area contributed by atoms with Crippen LogP contribution in [0.4, 0.5) is 5.69 Å². The fraction of sp³-hybridized carbons (Fsp3) is 0.567. The average molecular weight is 548 g/mol. The number of aliphatic hydroxyl groups is 1. The molecule has 1 N–H and O–H groups in total. The SMILES string of the molecule is Cc1cc(CC(=O)CCC(C)CCS(=O)(=O)C(C)(C)C)ccc1N1CCC(O)(c2ccc(Cl)cc2)CC1. The van der Waals surface area contributed by atoms with E-state index >= 15 is 0 Å². The van der Waals surface area contributed by atoms with Crippen LogP contribution in [0.5, 0.6) is 0 Å². The maximum atomic E-state index is 12.6. The summed E-state index contributed by atoms with van der Waals surface area (Å²) in [5, 5.41) is 11.8. The first kappa shape index (κ1) is 29.7. The number of sulfone groups is 1. The molecule has 1 saturated heterocycles. The largest absolute Gasteiger partial charge is 0.385 e. The molecule has 0 radical (unpaired) electrons. The third-order valence-corrected chi connectivity index (χ3v) is 10.6. The van der Waals surface area contributed by atoms with Crippen molar-refractivity contribution in [2.75, 3.05) is 23.7 Å². The first-order valence-corrected chi connectivity index (χ1v) is 15.3. The Morgan fingerprint density at radius 1 is 1.08 bits per heavy atom. The van der Waals surface area contributed by atoms with E-state index in [9.17, 15) is 18.3 Å². The normalized spacial score (nSPS) is 17.0. The quantitative estimate of drug-likeness (QED) is 0.379. The zero-order chi connectivity index (χ0) is 27.4. The zero-order valence-electron chi connectivity index (χ0n) is 22.9. The minimum Gasteiger partial charge on any atom is -0.385 e. The fourth-order valence-electron chi connectivity index (χ4n) is 4.88. The van der Waals surface area contributed by atoms with E-state index in [1.165, 1.54) is 0 Å². The van der Waals surface area contributed by atoms with Crippen LogP contribution in [-0.4, -0.2) is 42.9 Å². The van der Waals surface area contributed by atoms with Crippen molar-refractivity contribution < 1.29 is 18.3 Å². The van der Waals surface area contributed by atoms with Gasteiger partial charge in [-0.25, -0.2) is 8.42 Å². The van der Waals surface area contributed by atoms with Gasteiger partial charge in [0.1, 0.15) is 5.78 Å². The van der Waals surface area contributed by atoms with Gasteiger partial charge in [0, 0.05) is 36.6 Å². The predicted octanol–water partition coefficient (Wildman–Crippen LogP) is 6.27. The zero-order valence-corrected chi connectivity index (χ0v) is 24.5. The lowest BCUT2D eigenvalue weighted by atomic mass is 9.84. The summed E-state index contributed by atoms with van der Waals surface area (Å²) in [5.41, 5.74) is 3.34. The standard InChI is InChI=1S/C30H42ClNO4S/c1-22(14-19-37(35,36)29(3,4)5)6-12-27(33)21-24-7-13-28(23(2)20-24)32-17-15-30(34,16-18-32)25-8-10-26(31)11-9-25/h7-11,13,20,22,34H,6,12,14-19,21H2,1-5H3. The summed E-state index contributed by atoms with van der Waals surface area (Å²) >= 11 is 6.00. The predicted molar refractivity (Wildman–Crippen MR) is 153 cm³/mol. The number of carbonyl (C=O) groups is 1. The third-order valence-electron chi connectivity index (χ3n) is 7.70. The van der Waals surface area contributed by atoms with Gasteiger partial charge in [0.15, 0.2) is 9.84 Å². The molecule has 5 nitrogen and oxygen atoms in total. The van der Waals surface area contributed by atoms with Crippen molar-refractivity contribution in [2.45, 2.75) is 83.5 Å². The van der Waals surface area contributed by atoms with Gasteiger partial charge in [-0.1, -0.05) is 42.8 Å². The Labute approximate surface area is 228 Å². The lowest BCUT2D eigenvalue weighted by Crippen LogP contribution is -2.42. The molecule has 1 unspecified atom stereocenters. The second kappa shape index (κ2) is 11.9. The molecule has 37 heavy (non-hydrogen) atoms. The average Bonchev–Trinajstić information content (AvgIpc) is 2.82. The summed E-state index contributed by atoms with van der Waals surface area (Å²) in [5.74, 6) is 0.541. The van der Waals surface area contributed by atoms with Gasteiger partial charge in [-0.15, -0.1) is 0 Å². The van der Waals surface area contributed by atoms with E-state index in [2.05, 4.69) is 24.0 Å². The monoisotopic (exact) mass is 547 g/mol. The summed E-state index contributed by atoms with van der Waals surface area (Å²) < 4.78 is 23.9. The Morgan fingerprint density at radius 2 is 1.70 bits per heavy atom. The highest BCUT2D eigenvalue weighted by molar-refractivity contribution is 7.92. The molecule has 204 valence electrons. The van der Waals surface area contributed by atoms with Crippen LogP contribution in [-0.2, 0) is 26.7 Å². The van der Waals surface area contributed by atoms with Gasteiger partial charge in [0.25, 0.3) is 0 Å². The van der Waals surface area contributed by atoms with Crippen LogP contribution in [0.1, 0.15) is 76.5 Å². The lowest BCUT2D eigenvalue weighted by molar-refractivity contribution is -0.118. The minimum absolute atomic E-state index is 0.167. The molecule has 7 heteroatoms. The first-order valence-electron chi connectivity index (χ1n) is 13.3. The number of hydrogen-bond acceptors (Lipinski definition) is 5. The number of nitrogens with zero attached hydrogens (tertiary/aromatic N) is 1. The van der Waals surface area contributed by atoms with Gasteiger partial charge in [-0.2, -0.15) is 0 Å². The summed E-state index contributed by atoms with van der Waals surface area (Å²) in [6, 6.07) is 13.7. The molecular weight excluding hydrogens is 506 g/mol. The van der Waals surface area contributed by atoms with Crippen LogP contribution < -0.4 is 4.90 Å². The molecule has 1 atom stereocenters. The molecule has 1 heterocycles. The molecule has 0 saturated carbocycles. The number of rotatable bonds is 10. The number of ketones is 1. The Balaban J connectivity index is 1.49. The van der Waals surface area contributed by atoms with Gasteiger partial charge in [0.05, 0.1) is 16.1 Å². The van der Waals surface area contributed by atoms with Gasteiger partial charge >= 0.3 is 0 Å². The van der Waals surface area contributed by atoms with E-state index in [-0.39, 0.29) is 17.5 Å². The Bertz CT molecular complexity index is 1180. The Hall–Kier alpha value is -1.89. The number of aryl methyl sites for hydroxylation is 1. The lowest BCUT2D eigenvalue weighted by Gasteiger charge is -2.40. The highest BCUT2D eigenvalue weighted by Crippen LogP contribution is 2.36. The maximum absolute atomic E-state index is 12.6. The molecule has 1 aliphatic rings. The van der Waals surface area contributed by atoms with Crippen molar-refractivity contribution >= 4 is 32.9 Å². The maximum Gasteiger partial charge on any atom is 0.155 e. The second-order valence-corrected chi connectivity index (χ2v) is 15.0. The Morgan fingerprint density at radius 3 is 2.27 bits per heavy atom. The molecular formula is C30H42ClNO4S. The summed E-state index contributed by atoms with van der Waals surface area (Å²) in [4.78, 5) is 14.9. The number of Topliss-reactive ketones (excluding diaryl/α,β-unsaturated/α-hetero) is 1. The molecule has 0 bridgehead atoms. The summed E-state index contributed by atoms with van der Waals surface area (Å²) in [6.45, 7) is 10.8. The van der Waals surface area contributed by atoms with Crippen LogP contribution in [0.3, 0.4) is 0 Å². The molecule has 0 aliphatic carbocycles. The highest BCUT2D eigenvalue weighted by Gasteiger charge is 2.34. The van der Waals surface area contributed by atoms with Crippen molar-refractivity contribution in [3.63, 3.8) is 0 Å². The Kier molecular flexibility index (Phi) is 9.52. The van der Waals surface area contributed by atoms with E-state index in [4.69, 9.17) is 11.6 Å². The van der Waals surface area contributed by atoms with Gasteiger partial charge in [-0.05, 0) is 94.2 Å². The number of anilines is 1. The molecule has 0 spiro atoms. The molecule has 0 aromatic heterocycles. The number of carbonyl (C=O) groups excluding carboxylic acids is 1. The summed E-state index contributed by atoms with van der Waals surface area (Å²) in [6.07, 6.45) is 3.44. The van der Waals surface area contributed by atoms with E-state index in [0.717, 1.165) is 35.5 Å². The van der Waals surface area contributed by atoms with E-state index in [1.807, 2.05) is 37.3 Å². The van der Waals surface area contributed by atoms with Crippen molar-refractivity contribution in [1.82, 2.24) is 0 Å². The topological polar surface area (TPSA) is 74.7 Å². The molecule has 0 amide bonds. The van der Waals surface area contributed by atoms with E-state index in [0.29, 0.717) is 43.5 Å². The van der Waals surface area contributed by atoms with Crippen LogP contribution >= 0.6 is 11.6 Å². The number of hydrogen-bond donors (Lipinski definition) is 1. The van der Waals surface area contributed by atoms with Gasteiger partial charge in [0.2, 0.25) is 0 Å². The van der Waals surface area contributed by atoms with Crippen molar-refractivity contribution in [1.29, 1.82) is 0 Å². The summed E-state index contributed by atoms with van der Waals surface area (Å²) in [7, 11) is -3.13. The fourth-order valence-corrected chi connectivity index (χ4v) is 6.33. The number of benzene rings is 2. The van der Waals surface area contributed by atoms with Crippen LogP contribution in [0.2, 0.25) is 5.02 Å². The van der Waals surface area contributed by atoms with Crippen molar-refractivity contribution in [2.24, 2.45) is 5.92 Å².